The number of rotatable bonds is 6. The lowest BCUT2D eigenvalue weighted by molar-refractivity contribution is 0.204. The summed E-state index contributed by atoms with van der Waals surface area (Å²) < 4.78 is 5.17. The Kier molecular flexibility index (Phi) is 4.14. The van der Waals surface area contributed by atoms with Crippen molar-refractivity contribution in [2.75, 3.05) is 25.2 Å². The fourth-order valence-electron chi connectivity index (χ4n) is 1.99. The van der Waals surface area contributed by atoms with E-state index in [0.717, 1.165) is 23.6 Å². The highest BCUT2D eigenvalue weighted by atomic mass is 32.1. The molecule has 18 heavy (non-hydrogen) atoms. The number of hydrogen-bond acceptors (Lipinski definition) is 4. The molecular weight excluding hydrogens is 246 g/mol. The molecule has 1 aromatic rings. The van der Waals surface area contributed by atoms with E-state index in [4.69, 9.17) is 22.7 Å². The van der Waals surface area contributed by atoms with Gasteiger partial charge in [0.2, 0.25) is 0 Å². The molecule has 5 heteroatoms. The number of hydrogen-bond donors (Lipinski definition) is 1. The van der Waals surface area contributed by atoms with Crippen molar-refractivity contribution in [3.8, 4) is 0 Å². The lowest BCUT2D eigenvalue weighted by atomic mass is 10.2. The first kappa shape index (κ1) is 13.2. The highest BCUT2D eigenvalue weighted by Crippen LogP contribution is 2.32. The molecule has 0 atom stereocenters. The zero-order valence-electron chi connectivity index (χ0n) is 10.8. The molecule has 0 saturated heterocycles. The van der Waals surface area contributed by atoms with Gasteiger partial charge in [0.05, 0.1) is 12.2 Å². The Morgan fingerprint density at radius 3 is 2.83 bits per heavy atom. The van der Waals surface area contributed by atoms with E-state index in [-0.39, 0.29) is 0 Å². The van der Waals surface area contributed by atoms with Crippen LogP contribution in [0.3, 0.4) is 0 Å². The van der Waals surface area contributed by atoms with Gasteiger partial charge in [-0.1, -0.05) is 12.2 Å². The van der Waals surface area contributed by atoms with Crippen LogP contribution in [0.15, 0.2) is 12.1 Å². The van der Waals surface area contributed by atoms with Crippen molar-refractivity contribution in [1.29, 1.82) is 0 Å². The first-order valence-corrected chi connectivity index (χ1v) is 6.57. The monoisotopic (exact) mass is 265 g/mol. The predicted molar refractivity (Wildman–Crippen MR) is 77.1 cm³/mol. The summed E-state index contributed by atoms with van der Waals surface area (Å²) in [5.74, 6) is 0.905. The van der Waals surface area contributed by atoms with E-state index < -0.39 is 0 Å². The molecule has 0 unspecified atom stereocenters. The van der Waals surface area contributed by atoms with Gasteiger partial charge in [0.25, 0.3) is 0 Å². The number of methoxy groups -OCH3 is 1. The molecule has 2 rings (SSSR count). The van der Waals surface area contributed by atoms with Crippen LogP contribution in [-0.2, 0) is 4.74 Å². The molecule has 0 bridgehead atoms. The summed E-state index contributed by atoms with van der Waals surface area (Å²) in [7, 11) is 1.71. The summed E-state index contributed by atoms with van der Waals surface area (Å²) in [6.07, 6.45) is 2.41. The minimum atomic E-state index is 0.403. The summed E-state index contributed by atoms with van der Waals surface area (Å²) in [4.78, 5) is 7.28. The Labute approximate surface area is 113 Å². The molecule has 1 aliphatic rings. The summed E-state index contributed by atoms with van der Waals surface area (Å²) >= 11 is 5.11. The molecule has 1 saturated carbocycles. The molecule has 0 amide bonds. The van der Waals surface area contributed by atoms with Crippen molar-refractivity contribution in [2.45, 2.75) is 25.8 Å². The van der Waals surface area contributed by atoms with Gasteiger partial charge in [-0.2, -0.15) is 0 Å². The van der Waals surface area contributed by atoms with Gasteiger partial charge in [-0.3, -0.25) is 0 Å². The highest BCUT2D eigenvalue weighted by Gasteiger charge is 2.31. The Balaban J connectivity index is 2.32. The molecule has 0 aliphatic heterocycles. The third kappa shape index (κ3) is 2.97. The van der Waals surface area contributed by atoms with Crippen LogP contribution in [0, 0.1) is 6.92 Å². The van der Waals surface area contributed by atoms with E-state index in [0.29, 0.717) is 17.6 Å². The van der Waals surface area contributed by atoms with E-state index >= 15 is 0 Å². The van der Waals surface area contributed by atoms with E-state index in [1.807, 2.05) is 19.1 Å². The smallest absolute Gasteiger partial charge is 0.139 e. The SMILES string of the molecule is COCCN(c1nc(C)ccc1C(N)=S)C1CC1. The van der Waals surface area contributed by atoms with Crippen LogP contribution >= 0.6 is 12.2 Å². The van der Waals surface area contributed by atoms with Gasteiger partial charge in [-0.25, -0.2) is 4.98 Å². The Morgan fingerprint density at radius 1 is 1.56 bits per heavy atom. The van der Waals surface area contributed by atoms with Crippen molar-refractivity contribution in [3.05, 3.63) is 23.4 Å². The fraction of sp³-hybridized carbons (Fsp3) is 0.538. The van der Waals surface area contributed by atoms with Crippen LogP contribution in [0.2, 0.25) is 0 Å². The first-order valence-electron chi connectivity index (χ1n) is 6.16. The maximum absolute atomic E-state index is 5.79. The molecule has 98 valence electrons. The van der Waals surface area contributed by atoms with E-state index in [2.05, 4.69) is 9.88 Å². The lowest BCUT2D eigenvalue weighted by Crippen LogP contribution is -2.32. The van der Waals surface area contributed by atoms with Crippen LogP contribution in [0.25, 0.3) is 0 Å². The van der Waals surface area contributed by atoms with Crippen LogP contribution in [-0.4, -0.2) is 36.3 Å². The summed E-state index contributed by atoms with van der Waals surface area (Å²) in [6, 6.07) is 4.46. The minimum absolute atomic E-state index is 0.403. The van der Waals surface area contributed by atoms with Crippen LogP contribution < -0.4 is 10.6 Å². The summed E-state index contributed by atoms with van der Waals surface area (Å²) in [5, 5.41) is 0. The second-order valence-corrected chi connectivity index (χ2v) is 5.05. The highest BCUT2D eigenvalue weighted by molar-refractivity contribution is 7.80. The number of aryl methyl sites for hydroxylation is 1. The van der Waals surface area contributed by atoms with Crippen molar-refractivity contribution in [1.82, 2.24) is 4.98 Å². The van der Waals surface area contributed by atoms with E-state index in [1.54, 1.807) is 7.11 Å². The molecule has 4 nitrogen and oxygen atoms in total. The van der Waals surface area contributed by atoms with Crippen molar-refractivity contribution < 1.29 is 4.74 Å². The third-order valence-corrected chi connectivity index (χ3v) is 3.30. The zero-order chi connectivity index (χ0) is 13.1. The second kappa shape index (κ2) is 5.63. The molecule has 1 heterocycles. The largest absolute Gasteiger partial charge is 0.389 e. The number of thiocarbonyl (C=S) groups is 1. The molecule has 2 N–H and O–H groups in total. The van der Waals surface area contributed by atoms with Gasteiger partial charge in [-0.05, 0) is 31.9 Å². The van der Waals surface area contributed by atoms with Crippen molar-refractivity contribution in [2.24, 2.45) is 5.73 Å². The molecule has 0 spiro atoms. The zero-order valence-corrected chi connectivity index (χ0v) is 11.7. The first-order chi connectivity index (χ1) is 8.63. The number of nitrogens with two attached hydrogens (primary N) is 1. The van der Waals surface area contributed by atoms with E-state index in [9.17, 15) is 0 Å². The molecular formula is C13H19N3OS. The number of ether oxygens (including phenoxy) is 1. The summed E-state index contributed by atoms with van der Waals surface area (Å²) in [5.41, 5.74) is 7.62. The van der Waals surface area contributed by atoms with Gasteiger partial charge in [0.15, 0.2) is 0 Å². The van der Waals surface area contributed by atoms with Crippen LogP contribution in [0.1, 0.15) is 24.1 Å². The Hall–Kier alpha value is -1.20. The lowest BCUT2D eigenvalue weighted by Gasteiger charge is -2.25. The van der Waals surface area contributed by atoms with Gasteiger partial charge >= 0.3 is 0 Å². The second-order valence-electron chi connectivity index (χ2n) is 4.61. The maximum atomic E-state index is 5.79. The Bertz CT molecular complexity index is 446. The molecule has 0 radical (unpaired) electrons. The average Bonchev–Trinajstić information content (AvgIpc) is 3.13. The van der Waals surface area contributed by atoms with Gasteiger partial charge in [0.1, 0.15) is 10.8 Å². The van der Waals surface area contributed by atoms with Gasteiger partial charge in [-0.15, -0.1) is 0 Å². The fourth-order valence-corrected chi connectivity index (χ4v) is 2.15. The number of pyridine rings is 1. The topological polar surface area (TPSA) is 51.4 Å². The van der Waals surface area contributed by atoms with E-state index in [1.165, 1.54) is 12.8 Å². The minimum Gasteiger partial charge on any atom is -0.389 e. The molecule has 1 fully saturated rings. The standard InChI is InChI=1S/C13H19N3OS/c1-9-3-6-11(12(14)18)13(15-9)16(7-8-17-2)10-4-5-10/h3,6,10H,4-5,7-8H2,1-2H3,(H2,14,18). The molecule has 1 aliphatic carbocycles. The van der Waals surface area contributed by atoms with Gasteiger partial charge in [0, 0.05) is 25.4 Å². The summed E-state index contributed by atoms with van der Waals surface area (Å²) in [6.45, 7) is 3.49. The Morgan fingerprint density at radius 2 is 2.28 bits per heavy atom. The number of anilines is 1. The normalized spacial score (nSPS) is 14.6. The third-order valence-electron chi connectivity index (χ3n) is 3.08. The molecule has 0 aromatic carbocycles. The van der Waals surface area contributed by atoms with Crippen molar-refractivity contribution in [3.63, 3.8) is 0 Å². The van der Waals surface area contributed by atoms with Crippen LogP contribution in [0.4, 0.5) is 5.82 Å². The average molecular weight is 265 g/mol. The van der Waals surface area contributed by atoms with Gasteiger partial charge < -0.3 is 15.4 Å². The number of aromatic nitrogens is 1. The number of nitrogens with zero attached hydrogens (tertiary/aromatic N) is 2. The maximum Gasteiger partial charge on any atom is 0.139 e. The van der Waals surface area contributed by atoms with Crippen LogP contribution in [0.5, 0.6) is 0 Å². The van der Waals surface area contributed by atoms with Crippen molar-refractivity contribution >= 4 is 23.0 Å². The quantitative estimate of drug-likeness (QED) is 0.792. The molecule has 1 aromatic heterocycles. The predicted octanol–water partition coefficient (Wildman–Crippen LogP) is 1.64.